The molecule has 1 fully saturated rings. The van der Waals surface area contributed by atoms with Crippen molar-refractivity contribution in [1.82, 2.24) is 0 Å². The predicted molar refractivity (Wildman–Crippen MR) is 82.6 cm³/mol. The van der Waals surface area contributed by atoms with Gasteiger partial charge in [0.25, 0.3) is 0 Å². The van der Waals surface area contributed by atoms with Gasteiger partial charge in [0, 0.05) is 16.3 Å². The minimum absolute atomic E-state index is 0.0908. The number of hydrogen-bond donors (Lipinski definition) is 0. The van der Waals surface area contributed by atoms with E-state index in [2.05, 4.69) is 15.9 Å². The first-order valence-electron chi connectivity index (χ1n) is 7.01. The van der Waals surface area contributed by atoms with Crippen LogP contribution in [0.3, 0.4) is 0 Å². The second-order valence-electron chi connectivity index (χ2n) is 5.66. The van der Waals surface area contributed by atoms with Crippen LogP contribution >= 0.6 is 15.9 Å². The predicted octanol–water partition coefficient (Wildman–Crippen LogP) is 4.63. The van der Waals surface area contributed by atoms with Crippen molar-refractivity contribution >= 4 is 21.6 Å². The number of halogens is 1. The van der Waals surface area contributed by atoms with E-state index in [4.69, 9.17) is 4.74 Å². The van der Waals surface area contributed by atoms with Gasteiger partial charge in [-0.3, -0.25) is 10.1 Å². The van der Waals surface area contributed by atoms with Crippen LogP contribution < -0.4 is 4.74 Å². The molecule has 110 valence electrons. The van der Waals surface area contributed by atoms with E-state index in [1.54, 1.807) is 25.1 Å². The highest BCUT2D eigenvalue weighted by atomic mass is 79.9. The fourth-order valence-corrected chi connectivity index (χ4v) is 3.55. The van der Waals surface area contributed by atoms with E-state index in [1.807, 2.05) is 0 Å². The van der Waals surface area contributed by atoms with Gasteiger partial charge in [0.15, 0.2) is 5.75 Å². The summed E-state index contributed by atoms with van der Waals surface area (Å²) in [5.41, 5.74) is 0.854. The smallest absolute Gasteiger partial charge is 0.313 e. The molecule has 0 aliphatic heterocycles. The topological polar surface area (TPSA) is 52.4 Å². The van der Waals surface area contributed by atoms with Crippen molar-refractivity contribution in [3.8, 4) is 5.75 Å². The minimum Gasteiger partial charge on any atom is -0.486 e. The van der Waals surface area contributed by atoms with Gasteiger partial charge in [-0.2, -0.15) is 0 Å². The summed E-state index contributed by atoms with van der Waals surface area (Å²) < 4.78 is 5.84. The van der Waals surface area contributed by atoms with Gasteiger partial charge in [0.1, 0.15) is 0 Å². The summed E-state index contributed by atoms with van der Waals surface area (Å²) in [6.07, 6.45) is 5.95. The molecule has 0 bridgehead atoms. The van der Waals surface area contributed by atoms with Crippen molar-refractivity contribution < 1.29 is 9.66 Å². The summed E-state index contributed by atoms with van der Waals surface area (Å²) in [7, 11) is 0. The van der Waals surface area contributed by atoms with Crippen LogP contribution in [0.5, 0.6) is 5.75 Å². The van der Waals surface area contributed by atoms with Crippen LogP contribution in [0, 0.1) is 22.5 Å². The maximum absolute atomic E-state index is 11.2. The molecular formula is C15H20BrNO3. The number of nitro benzene ring substituents is 1. The molecule has 1 saturated carbocycles. The van der Waals surface area contributed by atoms with E-state index in [1.165, 1.54) is 19.3 Å². The van der Waals surface area contributed by atoms with Gasteiger partial charge in [0.05, 0.1) is 11.5 Å². The first-order chi connectivity index (χ1) is 9.58. The van der Waals surface area contributed by atoms with Crippen molar-refractivity contribution in [3.05, 3.63) is 33.9 Å². The molecular weight excluding hydrogens is 322 g/mol. The average Bonchev–Trinajstić information content (AvgIpc) is 2.45. The molecule has 0 heterocycles. The molecule has 1 aliphatic carbocycles. The van der Waals surface area contributed by atoms with Gasteiger partial charge in [-0.15, -0.1) is 0 Å². The Morgan fingerprint density at radius 3 is 2.65 bits per heavy atom. The number of hydrogen-bond acceptors (Lipinski definition) is 3. The highest BCUT2D eigenvalue weighted by Crippen LogP contribution is 2.39. The van der Waals surface area contributed by atoms with Crippen LogP contribution in [0.1, 0.15) is 37.7 Å². The van der Waals surface area contributed by atoms with Gasteiger partial charge in [0.2, 0.25) is 0 Å². The highest BCUT2D eigenvalue weighted by molar-refractivity contribution is 9.09. The molecule has 5 heteroatoms. The van der Waals surface area contributed by atoms with E-state index in [-0.39, 0.29) is 16.0 Å². The average molecular weight is 342 g/mol. The van der Waals surface area contributed by atoms with Crippen LogP contribution in [0.25, 0.3) is 0 Å². The van der Waals surface area contributed by atoms with Crippen molar-refractivity contribution in [3.63, 3.8) is 0 Å². The molecule has 0 aromatic heterocycles. The number of benzene rings is 1. The lowest BCUT2D eigenvalue weighted by Crippen LogP contribution is -2.32. The normalized spacial score (nSPS) is 17.7. The van der Waals surface area contributed by atoms with Crippen molar-refractivity contribution in [2.45, 2.75) is 39.0 Å². The Bertz CT molecular complexity index is 484. The summed E-state index contributed by atoms with van der Waals surface area (Å²) >= 11 is 3.59. The van der Waals surface area contributed by atoms with Crippen molar-refractivity contribution in [1.29, 1.82) is 0 Å². The zero-order valence-electron chi connectivity index (χ0n) is 11.7. The fraction of sp³-hybridized carbons (Fsp3) is 0.600. The molecule has 1 aromatic rings. The zero-order valence-corrected chi connectivity index (χ0v) is 13.3. The third-order valence-corrected chi connectivity index (χ3v) is 5.30. The Kier molecular flexibility index (Phi) is 5.02. The Balaban J connectivity index is 2.14. The van der Waals surface area contributed by atoms with Gasteiger partial charge in [-0.05, 0) is 25.8 Å². The van der Waals surface area contributed by atoms with E-state index >= 15 is 0 Å². The zero-order chi connectivity index (χ0) is 14.6. The number of ether oxygens (including phenoxy) is 1. The summed E-state index contributed by atoms with van der Waals surface area (Å²) in [5, 5.41) is 12.0. The van der Waals surface area contributed by atoms with E-state index in [9.17, 15) is 10.1 Å². The minimum atomic E-state index is -0.355. The molecule has 0 unspecified atom stereocenters. The van der Waals surface area contributed by atoms with Crippen molar-refractivity contribution in [2.24, 2.45) is 5.41 Å². The van der Waals surface area contributed by atoms with Crippen LogP contribution in [0.4, 0.5) is 5.69 Å². The molecule has 0 saturated heterocycles. The summed E-state index contributed by atoms with van der Waals surface area (Å²) in [6.45, 7) is 2.29. The summed E-state index contributed by atoms with van der Waals surface area (Å²) in [6, 6.07) is 5.24. The number of rotatable bonds is 5. The lowest BCUT2D eigenvalue weighted by atomic mass is 9.76. The summed E-state index contributed by atoms with van der Waals surface area (Å²) in [5.74, 6) is 0.390. The first-order valence-corrected chi connectivity index (χ1v) is 8.13. The molecule has 4 nitrogen and oxygen atoms in total. The number of nitro groups is 1. The Morgan fingerprint density at radius 1 is 1.35 bits per heavy atom. The lowest BCUT2D eigenvalue weighted by Gasteiger charge is -2.35. The van der Waals surface area contributed by atoms with Gasteiger partial charge >= 0.3 is 5.69 Å². The fourth-order valence-electron chi connectivity index (χ4n) is 2.83. The Morgan fingerprint density at radius 2 is 2.05 bits per heavy atom. The Hall–Kier alpha value is -1.10. The van der Waals surface area contributed by atoms with E-state index in [0.29, 0.717) is 17.9 Å². The number of nitrogens with zero attached hydrogens (tertiary/aromatic N) is 1. The molecule has 1 aromatic carbocycles. The van der Waals surface area contributed by atoms with Gasteiger partial charge < -0.3 is 4.74 Å². The lowest BCUT2D eigenvalue weighted by molar-refractivity contribution is -0.386. The van der Waals surface area contributed by atoms with E-state index < -0.39 is 0 Å². The molecule has 0 spiro atoms. The second kappa shape index (κ2) is 6.57. The number of para-hydroxylation sites is 1. The van der Waals surface area contributed by atoms with Crippen LogP contribution in [-0.4, -0.2) is 16.9 Å². The maximum atomic E-state index is 11.2. The van der Waals surface area contributed by atoms with Gasteiger partial charge in [-0.25, -0.2) is 0 Å². The van der Waals surface area contributed by atoms with Crippen LogP contribution in [0.2, 0.25) is 0 Å². The van der Waals surface area contributed by atoms with Crippen molar-refractivity contribution in [2.75, 3.05) is 11.9 Å². The maximum Gasteiger partial charge on any atom is 0.313 e. The van der Waals surface area contributed by atoms with Gasteiger partial charge in [-0.1, -0.05) is 47.3 Å². The SMILES string of the molecule is Cc1cccc(OCC2(CBr)CCCCC2)c1[N+](=O)[O-]. The third-order valence-electron chi connectivity index (χ3n) is 4.11. The molecule has 0 amide bonds. The Labute approximate surface area is 127 Å². The standard InChI is InChI=1S/C15H20BrNO3/c1-12-6-5-7-13(14(12)17(18)19)20-11-15(10-16)8-3-2-4-9-15/h5-7H,2-4,8-11H2,1H3. The monoisotopic (exact) mass is 341 g/mol. The quantitative estimate of drug-likeness (QED) is 0.445. The molecule has 1 aliphatic rings. The van der Waals surface area contributed by atoms with E-state index in [0.717, 1.165) is 18.2 Å². The molecule has 20 heavy (non-hydrogen) atoms. The molecule has 0 N–H and O–H groups in total. The second-order valence-corrected chi connectivity index (χ2v) is 6.22. The largest absolute Gasteiger partial charge is 0.486 e. The highest BCUT2D eigenvalue weighted by Gasteiger charge is 2.32. The molecule has 0 radical (unpaired) electrons. The van der Waals surface area contributed by atoms with Crippen LogP contribution in [-0.2, 0) is 0 Å². The first kappa shape index (κ1) is 15.3. The number of alkyl halides is 1. The number of aryl methyl sites for hydroxylation is 1. The molecule has 0 atom stereocenters. The van der Waals surface area contributed by atoms with Crippen LogP contribution in [0.15, 0.2) is 18.2 Å². The molecule has 2 rings (SSSR count). The third kappa shape index (κ3) is 3.32. The summed E-state index contributed by atoms with van der Waals surface area (Å²) in [4.78, 5) is 10.8.